The molecule has 21 heavy (non-hydrogen) atoms. The van der Waals surface area contributed by atoms with Gasteiger partial charge in [-0.15, -0.1) is 0 Å². The third-order valence-corrected chi connectivity index (χ3v) is 3.49. The van der Waals surface area contributed by atoms with Crippen molar-refractivity contribution in [1.29, 1.82) is 0 Å². The van der Waals surface area contributed by atoms with E-state index in [1.165, 1.54) is 18.9 Å². The first-order valence-corrected chi connectivity index (χ1v) is 6.97. The Morgan fingerprint density at radius 3 is 2.71 bits per heavy atom. The average Bonchev–Trinajstić information content (AvgIpc) is 2.45. The first kappa shape index (κ1) is 15.9. The zero-order valence-corrected chi connectivity index (χ0v) is 13.0. The van der Waals surface area contributed by atoms with Crippen LogP contribution in [0.15, 0.2) is 17.1 Å². The van der Waals surface area contributed by atoms with Crippen molar-refractivity contribution in [2.24, 2.45) is 0 Å². The van der Waals surface area contributed by atoms with Crippen molar-refractivity contribution in [3.8, 4) is 0 Å². The van der Waals surface area contributed by atoms with Crippen LogP contribution in [0.2, 0.25) is 0 Å². The number of nitrogens with zero attached hydrogens (tertiary/aromatic N) is 3. The Hall–Kier alpha value is -1.44. The molecule has 0 aromatic carbocycles. The van der Waals surface area contributed by atoms with Crippen molar-refractivity contribution >= 4 is 5.69 Å². The highest BCUT2D eigenvalue weighted by molar-refractivity contribution is 5.43. The third-order valence-electron chi connectivity index (χ3n) is 3.49. The molecule has 1 fully saturated rings. The lowest BCUT2D eigenvalue weighted by Crippen LogP contribution is -2.48. The molecule has 7 heteroatoms. The second kappa shape index (κ2) is 6.55. The van der Waals surface area contributed by atoms with Crippen LogP contribution in [-0.2, 0) is 20.8 Å². The molecule has 7 nitrogen and oxygen atoms in total. The highest BCUT2D eigenvalue weighted by Gasteiger charge is 2.27. The minimum atomic E-state index is -0.483. The SMILES string of the molecule is COC(Cn1ncc(N2CCOC(C)(C)C2)cc1=O)OC. The maximum atomic E-state index is 12.1. The van der Waals surface area contributed by atoms with Gasteiger partial charge < -0.3 is 19.1 Å². The number of aromatic nitrogens is 2. The number of hydrogen-bond donors (Lipinski definition) is 0. The lowest BCUT2D eigenvalue weighted by molar-refractivity contribution is -0.113. The molecule has 0 saturated carbocycles. The molecule has 0 aliphatic carbocycles. The third kappa shape index (κ3) is 4.03. The van der Waals surface area contributed by atoms with Crippen LogP contribution < -0.4 is 10.5 Å². The fraction of sp³-hybridized carbons (Fsp3) is 0.714. The van der Waals surface area contributed by atoms with Gasteiger partial charge >= 0.3 is 0 Å². The molecule has 2 heterocycles. The zero-order chi connectivity index (χ0) is 15.5. The molecule has 0 radical (unpaired) electrons. The Balaban J connectivity index is 2.13. The van der Waals surface area contributed by atoms with Gasteiger partial charge in [-0.1, -0.05) is 0 Å². The summed E-state index contributed by atoms with van der Waals surface area (Å²) in [4.78, 5) is 14.3. The number of methoxy groups -OCH3 is 2. The molecular formula is C14H23N3O4. The number of rotatable bonds is 5. The Bertz CT molecular complexity index is 525. The topological polar surface area (TPSA) is 65.8 Å². The molecule has 0 atom stereocenters. The van der Waals surface area contributed by atoms with E-state index in [-0.39, 0.29) is 17.7 Å². The molecule has 118 valence electrons. The molecule has 0 spiro atoms. The minimum absolute atomic E-state index is 0.170. The van der Waals surface area contributed by atoms with E-state index in [9.17, 15) is 4.79 Å². The van der Waals surface area contributed by atoms with Crippen LogP contribution in [0.25, 0.3) is 0 Å². The summed E-state index contributed by atoms with van der Waals surface area (Å²) in [6.07, 6.45) is 1.22. The molecule has 1 aromatic rings. The van der Waals surface area contributed by atoms with E-state index in [1.54, 1.807) is 12.3 Å². The van der Waals surface area contributed by atoms with Crippen LogP contribution in [-0.4, -0.2) is 55.6 Å². The summed E-state index contributed by atoms with van der Waals surface area (Å²) in [7, 11) is 3.06. The summed E-state index contributed by atoms with van der Waals surface area (Å²) >= 11 is 0. The fourth-order valence-corrected chi connectivity index (χ4v) is 2.36. The Kier molecular flexibility index (Phi) is 4.97. The van der Waals surface area contributed by atoms with E-state index in [4.69, 9.17) is 14.2 Å². The van der Waals surface area contributed by atoms with Gasteiger partial charge in [-0.2, -0.15) is 5.10 Å². The summed E-state index contributed by atoms with van der Waals surface area (Å²) < 4.78 is 17.2. The predicted molar refractivity (Wildman–Crippen MR) is 78.5 cm³/mol. The van der Waals surface area contributed by atoms with Gasteiger partial charge in [0.1, 0.15) is 0 Å². The molecule has 2 rings (SSSR count). The van der Waals surface area contributed by atoms with Crippen LogP contribution >= 0.6 is 0 Å². The van der Waals surface area contributed by atoms with Gasteiger partial charge in [0.25, 0.3) is 5.56 Å². The first-order chi connectivity index (χ1) is 9.95. The van der Waals surface area contributed by atoms with Gasteiger partial charge in [-0.3, -0.25) is 4.79 Å². The largest absolute Gasteiger partial charge is 0.372 e. The molecule has 0 N–H and O–H groups in total. The van der Waals surface area contributed by atoms with Crippen LogP contribution in [0.3, 0.4) is 0 Å². The first-order valence-electron chi connectivity index (χ1n) is 6.97. The van der Waals surface area contributed by atoms with Crippen molar-refractivity contribution in [3.63, 3.8) is 0 Å². The number of anilines is 1. The monoisotopic (exact) mass is 297 g/mol. The second-order valence-electron chi connectivity index (χ2n) is 5.66. The highest BCUT2D eigenvalue weighted by Crippen LogP contribution is 2.21. The van der Waals surface area contributed by atoms with E-state index < -0.39 is 6.29 Å². The minimum Gasteiger partial charge on any atom is -0.372 e. The van der Waals surface area contributed by atoms with E-state index in [1.807, 2.05) is 13.8 Å². The maximum absolute atomic E-state index is 12.1. The maximum Gasteiger partial charge on any atom is 0.268 e. The van der Waals surface area contributed by atoms with Crippen molar-refractivity contribution in [2.75, 3.05) is 38.8 Å². The van der Waals surface area contributed by atoms with Gasteiger partial charge in [0.15, 0.2) is 6.29 Å². The summed E-state index contributed by atoms with van der Waals surface area (Å²) in [5.74, 6) is 0. The standard InChI is InChI=1S/C14H23N3O4/c1-14(2)10-16(5-6-21-14)11-7-12(18)17(15-8-11)9-13(19-3)20-4/h7-8,13H,5-6,9-10H2,1-4H3. The van der Waals surface area contributed by atoms with Crippen LogP contribution in [0.1, 0.15) is 13.8 Å². The van der Waals surface area contributed by atoms with Crippen molar-refractivity contribution in [2.45, 2.75) is 32.3 Å². The fourth-order valence-electron chi connectivity index (χ4n) is 2.36. The van der Waals surface area contributed by atoms with Crippen molar-refractivity contribution in [3.05, 3.63) is 22.6 Å². The molecule has 0 amide bonds. The Labute approximate surface area is 124 Å². The molecule has 1 aliphatic rings. The van der Waals surface area contributed by atoms with Gasteiger partial charge in [0.05, 0.1) is 30.6 Å². The van der Waals surface area contributed by atoms with Crippen LogP contribution in [0.5, 0.6) is 0 Å². The molecule has 1 aromatic heterocycles. The molecule has 0 bridgehead atoms. The van der Waals surface area contributed by atoms with E-state index in [0.29, 0.717) is 6.61 Å². The molecule has 1 aliphatic heterocycles. The van der Waals surface area contributed by atoms with Gasteiger partial charge in [0.2, 0.25) is 0 Å². The summed E-state index contributed by atoms with van der Waals surface area (Å²) in [5.41, 5.74) is 0.430. The van der Waals surface area contributed by atoms with Crippen molar-refractivity contribution < 1.29 is 14.2 Å². The summed E-state index contributed by atoms with van der Waals surface area (Å²) in [5, 5.41) is 4.20. The normalized spacial score (nSPS) is 18.2. The quantitative estimate of drug-likeness (QED) is 0.736. The van der Waals surface area contributed by atoms with E-state index >= 15 is 0 Å². The lowest BCUT2D eigenvalue weighted by atomic mass is 10.1. The smallest absolute Gasteiger partial charge is 0.268 e. The van der Waals surface area contributed by atoms with E-state index in [0.717, 1.165) is 18.8 Å². The average molecular weight is 297 g/mol. The van der Waals surface area contributed by atoms with Crippen LogP contribution in [0, 0.1) is 0 Å². The predicted octanol–water partition coefficient (Wildman–Crippen LogP) is 0.477. The zero-order valence-electron chi connectivity index (χ0n) is 13.0. The van der Waals surface area contributed by atoms with E-state index in [2.05, 4.69) is 10.00 Å². The lowest BCUT2D eigenvalue weighted by Gasteiger charge is -2.39. The van der Waals surface area contributed by atoms with Gasteiger partial charge in [0, 0.05) is 33.4 Å². The molecule has 0 unspecified atom stereocenters. The summed E-state index contributed by atoms with van der Waals surface area (Å²) in [6.45, 7) is 6.47. The molecular weight excluding hydrogens is 274 g/mol. The Morgan fingerprint density at radius 1 is 1.43 bits per heavy atom. The van der Waals surface area contributed by atoms with Gasteiger partial charge in [-0.25, -0.2) is 4.68 Å². The second-order valence-corrected chi connectivity index (χ2v) is 5.66. The summed E-state index contributed by atoms with van der Waals surface area (Å²) in [6, 6.07) is 1.59. The van der Waals surface area contributed by atoms with Gasteiger partial charge in [-0.05, 0) is 13.8 Å². The Morgan fingerprint density at radius 2 is 2.14 bits per heavy atom. The highest BCUT2D eigenvalue weighted by atomic mass is 16.7. The number of morpholine rings is 1. The van der Waals surface area contributed by atoms with Crippen molar-refractivity contribution in [1.82, 2.24) is 9.78 Å². The molecule has 1 saturated heterocycles. The number of hydrogen-bond acceptors (Lipinski definition) is 6. The number of ether oxygens (including phenoxy) is 3. The van der Waals surface area contributed by atoms with Crippen LogP contribution in [0.4, 0.5) is 5.69 Å².